The fourth-order valence-electron chi connectivity index (χ4n) is 4.53. The molecular formula is C29H39N3O6. The van der Waals surface area contributed by atoms with E-state index in [0.717, 1.165) is 36.0 Å². The lowest BCUT2D eigenvalue weighted by Gasteiger charge is -2.32. The Labute approximate surface area is 224 Å². The minimum atomic E-state index is -0.852. The monoisotopic (exact) mass is 525 g/mol. The molecule has 0 bridgehead atoms. The first-order valence-corrected chi connectivity index (χ1v) is 13.1. The number of unbranched alkanes of at least 4 members (excludes halogenated alkanes) is 4. The van der Waals surface area contributed by atoms with Crippen molar-refractivity contribution in [3.05, 3.63) is 42.0 Å². The fraction of sp³-hybridized carbons (Fsp3) is 0.483. The summed E-state index contributed by atoms with van der Waals surface area (Å²) in [6.45, 7) is 2.98. The van der Waals surface area contributed by atoms with Crippen molar-refractivity contribution >= 4 is 17.7 Å². The lowest BCUT2D eigenvalue weighted by molar-refractivity contribution is -0.146. The molecule has 206 valence electrons. The van der Waals surface area contributed by atoms with Crippen LogP contribution in [0.15, 0.2) is 36.4 Å². The molecule has 0 aliphatic carbocycles. The van der Waals surface area contributed by atoms with Gasteiger partial charge in [0.25, 0.3) is 0 Å². The second-order valence-corrected chi connectivity index (χ2v) is 9.39. The van der Waals surface area contributed by atoms with Crippen LogP contribution >= 0.6 is 0 Å². The van der Waals surface area contributed by atoms with Crippen LogP contribution in [0.25, 0.3) is 11.1 Å². The van der Waals surface area contributed by atoms with Crippen LogP contribution in [0.1, 0.15) is 51.0 Å². The Morgan fingerprint density at radius 2 is 1.61 bits per heavy atom. The second-order valence-electron chi connectivity index (χ2n) is 9.39. The molecule has 3 rings (SSSR count). The zero-order chi connectivity index (χ0) is 27.5. The molecule has 2 aromatic carbocycles. The van der Waals surface area contributed by atoms with Crippen LogP contribution in [-0.4, -0.2) is 63.1 Å². The van der Waals surface area contributed by atoms with Gasteiger partial charge in [-0.15, -0.1) is 0 Å². The van der Waals surface area contributed by atoms with Crippen LogP contribution in [0.3, 0.4) is 0 Å². The van der Waals surface area contributed by atoms with Gasteiger partial charge in [-0.05, 0) is 35.2 Å². The van der Waals surface area contributed by atoms with Crippen molar-refractivity contribution in [2.24, 2.45) is 0 Å². The number of nitrogens with zero attached hydrogens (tertiary/aromatic N) is 1. The molecule has 9 nitrogen and oxygen atoms in total. The summed E-state index contributed by atoms with van der Waals surface area (Å²) in [6, 6.07) is 10.6. The molecule has 3 amide bonds. The third kappa shape index (κ3) is 7.63. The average Bonchev–Trinajstić information content (AvgIpc) is 2.92. The van der Waals surface area contributed by atoms with Gasteiger partial charge in [0, 0.05) is 13.1 Å². The highest BCUT2D eigenvalue weighted by Crippen LogP contribution is 2.41. The minimum absolute atomic E-state index is 0.0387. The molecule has 9 heteroatoms. The Bertz CT molecular complexity index is 1080. The summed E-state index contributed by atoms with van der Waals surface area (Å²) in [5, 5.41) is 5.53. The molecule has 0 saturated carbocycles. The molecule has 1 aliphatic heterocycles. The number of hydrogen-bond donors (Lipinski definition) is 2. The van der Waals surface area contributed by atoms with Crippen LogP contribution in [0.2, 0.25) is 0 Å². The quantitative estimate of drug-likeness (QED) is 0.365. The molecule has 0 spiro atoms. The number of rotatable bonds is 14. The summed E-state index contributed by atoms with van der Waals surface area (Å²) < 4.78 is 16.3. The third-order valence-corrected chi connectivity index (χ3v) is 6.60. The normalized spacial score (nSPS) is 15.2. The number of carbonyl (C=O) groups excluding carboxylic acids is 3. The van der Waals surface area contributed by atoms with Gasteiger partial charge in [-0.2, -0.15) is 0 Å². The summed E-state index contributed by atoms with van der Waals surface area (Å²) >= 11 is 0. The highest BCUT2D eigenvalue weighted by Gasteiger charge is 2.34. The number of amides is 3. The zero-order valence-electron chi connectivity index (χ0n) is 22.8. The van der Waals surface area contributed by atoms with E-state index in [0.29, 0.717) is 23.8 Å². The lowest BCUT2D eigenvalue weighted by atomic mass is 10.0. The first-order chi connectivity index (χ1) is 18.4. The van der Waals surface area contributed by atoms with Crippen molar-refractivity contribution in [1.82, 2.24) is 15.5 Å². The van der Waals surface area contributed by atoms with Crippen molar-refractivity contribution in [3.63, 3.8) is 0 Å². The first-order valence-electron chi connectivity index (χ1n) is 13.1. The van der Waals surface area contributed by atoms with Gasteiger partial charge in [-0.3, -0.25) is 14.4 Å². The largest absolute Gasteiger partial charge is 0.493 e. The van der Waals surface area contributed by atoms with E-state index in [2.05, 4.69) is 17.6 Å². The number of piperazine rings is 1. The van der Waals surface area contributed by atoms with Gasteiger partial charge in [-0.1, -0.05) is 56.9 Å². The van der Waals surface area contributed by atoms with E-state index in [1.165, 1.54) is 17.7 Å². The maximum atomic E-state index is 13.0. The number of ether oxygens (including phenoxy) is 3. The van der Waals surface area contributed by atoms with E-state index in [9.17, 15) is 14.4 Å². The Morgan fingerprint density at radius 3 is 2.21 bits per heavy atom. The SMILES string of the molecule is CCCCCCCNC(=O)C[C@H]1NC(=O)CN(Cc2ccc(-c3cc(OC)c(OC)c(OC)c3)cc2)C1=O. The van der Waals surface area contributed by atoms with Crippen LogP contribution in [0.5, 0.6) is 17.2 Å². The highest BCUT2D eigenvalue weighted by atomic mass is 16.5. The Hall–Kier alpha value is -3.75. The molecule has 1 saturated heterocycles. The van der Waals surface area contributed by atoms with Crippen LogP contribution in [0.4, 0.5) is 0 Å². The topological polar surface area (TPSA) is 106 Å². The predicted molar refractivity (Wildman–Crippen MR) is 145 cm³/mol. The van der Waals surface area contributed by atoms with Crippen LogP contribution in [-0.2, 0) is 20.9 Å². The summed E-state index contributed by atoms with van der Waals surface area (Å²) in [5.74, 6) is 0.889. The molecule has 0 radical (unpaired) electrons. The highest BCUT2D eigenvalue weighted by molar-refractivity contribution is 5.97. The van der Waals surface area contributed by atoms with Gasteiger partial charge in [0.05, 0.1) is 34.3 Å². The minimum Gasteiger partial charge on any atom is -0.493 e. The molecule has 2 aromatic rings. The van der Waals surface area contributed by atoms with E-state index in [1.54, 1.807) is 21.3 Å². The van der Waals surface area contributed by atoms with Gasteiger partial charge >= 0.3 is 0 Å². The van der Waals surface area contributed by atoms with E-state index >= 15 is 0 Å². The fourth-order valence-corrected chi connectivity index (χ4v) is 4.53. The molecule has 1 aliphatic rings. The summed E-state index contributed by atoms with van der Waals surface area (Å²) in [7, 11) is 4.70. The molecule has 1 atom stereocenters. The summed E-state index contributed by atoms with van der Waals surface area (Å²) in [6.07, 6.45) is 5.44. The molecule has 38 heavy (non-hydrogen) atoms. The van der Waals surface area contributed by atoms with Crippen molar-refractivity contribution in [1.29, 1.82) is 0 Å². The molecule has 0 aromatic heterocycles. The van der Waals surface area contributed by atoms with Gasteiger partial charge in [0.1, 0.15) is 6.04 Å². The van der Waals surface area contributed by atoms with E-state index < -0.39 is 6.04 Å². The maximum absolute atomic E-state index is 13.0. The molecular weight excluding hydrogens is 486 g/mol. The van der Waals surface area contributed by atoms with Gasteiger partial charge < -0.3 is 29.7 Å². The van der Waals surface area contributed by atoms with Crippen molar-refractivity contribution in [2.75, 3.05) is 34.4 Å². The Morgan fingerprint density at radius 1 is 0.947 bits per heavy atom. The zero-order valence-corrected chi connectivity index (χ0v) is 22.8. The average molecular weight is 526 g/mol. The van der Waals surface area contributed by atoms with E-state index in [-0.39, 0.29) is 37.2 Å². The number of hydrogen-bond acceptors (Lipinski definition) is 6. The van der Waals surface area contributed by atoms with Crippen LogP contribution < -0.4 is 24.8 Å². The van der Waals surface area contributed by atoms with Crippen molar-refractivity contribution in [2.45, 2.75) is 58.0 Å². The Balaban J connectivity index is 1.61. The smallest absolute Gasteiger partial charge is 0.246 e. The molecule has 0 unspecified atom stereocenters. The van der Waals surface area contributed by atoms with Gasteiger partial charge in [-0.25, -0.2) is 0 Å². The Kier molecular flexibility index (Phi) is 10.8. The van der Waals surface area contributed by atoms with Crippen molar-refractivity contribution in [3.8, 4) is 28.4 Å². The number of benzene rings is 2. The standard InChI is InChI=1S/C29H39N3O6/c1-5-6-7-8-9-14-30-26(33)17-23-29(35)32(19-27(34)31-23)18-20-10-12-21(13-11-20)22-15-24(36-2)28(38-4)25(16-22)37-3/h10-13,15-16,23H,5-9,14,17-19H2,1-4H3,(H,30,33)(H,31,34)/t23-/m1/s1. The predicted octanol–water partition coefficient (Wildman–Crippen LogP) is 3.68. The summed E-state index contributed by atoms with van der Waals surface area (Å²) in [5.41, 5.74) is 2.69. The lowest BCUT2D eigenvalue weighted by Crippen LogP contribution is -2.58. The first kappa shape index (κ1) is 28.8. The summed E-state index contributed by atoms with van der Waals surface area (Å²) in [4.78, 5) is 39.2. The number of nitrogens with one attached hydrogen (secondary N) is 2. The third-order valence-electron chi connectivity index (χ3n) is 6.60. The second kappa shape index (κ2) is 14.3. The number of carbonyl (C=O) groups is 3. The van der Waals surface area contributed by atoms with E-state index in [4.69, 9.17) is 14.2 Å². The van der Waals surface area contributed by atoms with Crippen LogP contribution in [0, 0.1) is 0 Å². The number of methoxy groups -OCH3 is 3. The molecule has 1 heterocycles. The van der Waals surface area contributed by atoms with Gasteiger partial charge in [0.2, 0.25) is 23.5 Å². The van der Waals surface area contributed by atoms with Gasteiger partial charge in [0.15, 0.2) is 11.5 Å². The molecule has 2 N–H and O–H groups in total. The van der Waals surface area contributed by atoms with Crippen molar-refractivity contribution < 1.29 is 28.6 Å². The molecule has 1 fully saturated rings. The van der Waals surface area contributed by atoms with E-state index in [1.807, 2.05) is 36.4 Å². The maximum Gasteiger partial charge on any atom is 0.246 e.